The molecule has 0 spiro atoms. The van der Waals surface area contributed by atoms with Crippen molar-refractivity contribution in [2.75, 3.05) is 0 Å². The molecule has 5 nitrogen and oxygen atoms in total. The maximum atomic E-state index is 14.0. The predicted octanol–water partition coefficient (Wildman–Crippen LogP) is 2.25. The lowest BCUT2D eigenvalue weighted by molar-refractivity contribution is 0.195. The highest BCUT2D eigenvalue weighted by molar-refractivity contribution is 7.99. The van der Waals surface area contributed by atoms with Crippen molar-refractivity contribution in [2.24, 2.45) is 0 Å². The van der Waals surface area contributed by atoms with E-state index in [1.54, 1.807) is 23.6 Å². The van der Waals surface area contributed by atoms with Crippen LogP contribution >= 0.6 is 11.8 Å². The Bertz CT molecular complexity index is 691. The van der Waals surface area contributed by atoms with Crippen molar-refractivity contribution in [3.05, 3.63) is 40.1 Å². The van der Waals surface area contributed by atoms with Gasteiger partial charge in [0.05, 0.1) is 11.0 Å². The normalized spacial score (nSPS) is 16.4. The van der Waals surface area contributed by atoms with E-state index in [1.807, 2.05) is 0 Å². The van der Waals surface area contributed by atoms with E-state index in [9.17, 15) is 14.3 Å². The lowest BCUT2D eigenvalue weighted by Gasteiger charge is -2.12. The van der Waals surface area contributed by atoms with Crippen molar-refractivity contribution in [3.8, 4) is 0 Å². The second-order valence-corrected chi connectivity index (χ2v) is 5.83. The van der Waals surface area contributed by atoms with E-state index < -0.39 is 11.9 Å². The summed E-state index contributed by atoms with van der Waals surface area (Å²) in [6.07, 6.45) is 1.09. The third kappa shape index (κ3) is 2.38. The summed E-state index contributed by atoms with van der Waals surface area (Å²) >= 11 is 1.07. The number of rotatable bonds is 4. The van der Waals surface area contributed by atoms with Gasteiger partial charge in [-0.05, 0) is 43.2 Å². The van der Waals surface area contributed by atoms with Crippen LogP contribution in [0.2, 0.25) is 0 Å². The smallest absolute Gasteiger partial charge is 0.344 e. The Hall–Kier alpha value is -1.60. The summed E-state index contributed by atoms with van der Waals surface area (Å²) in [6, 6.07) is 4.72. The van der Waals surface area contributed by atoms with Gasteiger partial charge < -0.3 is 5.11 Å². The number of benzene rings is 1. The molecule has 0 aliphatic heterocycles. The predicted molar refractivity (Wildman–Crippen MR) is 72.3 cm³/mol. The monoisotopic (exact) mass is 295 g/mol. The number of hydrogen-bond acceptors (Lipinski definition) is 4. The fourth-order valence-corrected chi connectivity index (χ4v) is 3.20. The molecule has 0 bridgehead atoms. The quantitative estimate of drug-likeness (QED) is 0.907. The summed E-state index contributed by atoms with van der Waals surface area (Å²) in [5.41, 5.74) is 0.220. The molecular weight excluding hydrogens is 281 g/mol. The Kier molecular flexibility index (Phi) is 3.39. The summed E-state index contributed by atoms with van der Waals surface area (Å²) < 4.78 is 15.6. The highest BCUT2D eigenvalue weighted by atomic mass is 32.2. The van der Waals surface area contributed by atoms with E-state index >= 15 is 0 Å². The number of aromatic amines is 1. The standard InChI is InChI=1S/C13H14FN3O2S/c1-7(18)9-3-2-4-10(14)11(9)20-13-16-15-12(19)17(13)8-5-6-8/h2-4,7-8,18H,5-6H2,1H3,(H,15,19)/t7-/m1/s1. The molecule has 0 saturated heterocycles. The van der Waals surface area contributed by atoms with Gasteiger partial charge >= 0.3 is 5.69 Å². The second kappa shape index (κ2) is 5.06. The van der Waals surface area contributed by atoms with E-state index in [-0.39, 0.29) is 11.7 Å². The van der Waals surface area contributed by atoms with Gasteiger partial charge in [0.25, 0.3) is 0 Å². The average Bonchev–Trinajstić information content (AvgIpc) is 3.17. The van der Waals surface area contributed by atoms with Crippen LogP contribution in [0, 0.1) is 5.82 Å². The van der Waals surface area contributed by atoms with Gasteiger partial charge in [0.15, 0.2) is 5.16 Å². The summed E-state index contributed by atoms with van der Waals surface area (Å²) in [7, 11) is 0. The zero-order valence-electron chi connectivity index (χ0n) is 10.8. The molecule has 1 saturated carbocycles. The third-order valence-electron chi connectivity index (χ3n) is 3.22. The summed E-state index contributed by atoms with van der Waals surface area (Å²) in [6.45, 7) is 1.58. The van der Waals surface area contributed by atoms with Crippen LogP contribution in [0.1, 0.15) is 37.5 Å². The lowest BCUT2D eigenvalue weighted by atomic mass is 10.1. The Morgan fingerprint density at radius 2 is 2.30 bits per heavy atom. The molecule has 1 aliphatic rings. The Morgan fingerprint density at radius 3 is 2.95 bits per heavy atom. The van der Waals surface area contributed by atoms with Crippen molar-refractivity contribution in [1.82, 2.24) is 14.8 Å². The van der Waals surface area contributed by atoms with Crippen molar-refractivity contribution in [2.45, 2.75) is 42.0 Å². The highest BCUT2D eigenvalue weighted by Crippen LogP contribution is 2.39. The molecule has 20 heavy (non-hydrogen) atoms. The molecule has 3 rings (SSSR count). The van der Waals surface area contributed by atoms with E-state index in [0.717, 1.165) is 24.6 Å². The molecule has 106 valence electrons. The molecule has 1 aromatic carbocycles. The Labute approximate surface area is 118 Å². The zero-order valence-corrected chi connectivity index (χ0v) is 11.7. The van der Waals surface area contributed by atoms with Gasteiger partial charge in [0.1, 0.15) is 5.82 Å². The van der Waals surface area contributed by atoms with E-state index in [4.69, 9.17) is 0 Å². The molecule has 2 N–H and O–H groups in total. The van der Waals surface area contributed by atoms with Crippen molar-refractivity contribution < 1.29 is 9.50 Å². The molecule has 1 fully saturated rings. The van der Waals surface area contributed by atoms with Crippen LogP contribution in [0.4, 0.5) is 4.39 Å². The van der Waals surface area contributed by atoms with E-state index in [1.165, 1.54) is 6.07 Å². The molecule has 0 unspecified atom stereocenters. The van der Waals surface area contributed by atoms with Gasteiger partial charge in [-0.15, -0.1) is 5.10 Å². The molecule has 1 heterocycles. The first-order valence-electron chi connectivity index (χ1n) is 6.39. The maximum absolute atomic E-state index is 14.0. The fourth-order valence-electron chi connectivity index (χ4n) is 2.07. The highest BCUT2D eigenvalue weighted by Gasteiger charge is 2.29. The number of aliphatic hydroxyl groups is 1. The molecular formula is C13H14FN3O2S. The first-order valence-corrected chi connectivity index (χ1v) is 7.21. The van der Waals surface area contributed by atoms with E-state index in [2.05, 4.69) is 10.2 Å². The number of aromatic nitrogens is 3. The largest absolute Gasteiger partial charge is 0.389 e. The summed E-state index contributed by atoms with van der Waals surface area (Å²) in [5.74, 6) is -0.425. The van der Waals surface area contributed by atoms with Gasteiger partial charge in [-0.25, -0.2) is 14.3 Å². The number of hydrogen-bond donors (Lipinski definition) is 2. The summed E-state index contributed by atoms with van der Waals surface area (Å²) in [5, 5.41) is 16.5. The topological polar surface area (TPSA) is 70.9 Å². The summed E-state index contributed by atoms with van der Waals surface area (Å²) in [4.78, 5) is 12.0. The zero-order chi connectivity index (χ0) is 14.3. The minimum Gasteiger partial charge on any atom is -0.389 e. The Balaban J connectivity index is 2.02. The SMILES string of the molecule is C[C@@H](O)c1cccc(F)c1Sc1n[nH]c(=O)n1C1CC1. The van der Waals surface area contributed by atoms with Crippen LogP contribution in [0.5, 0.6) is 0 Å². The molecule has 2 aromatic rings. The minimum absolute atomic E-state index is 0.158. The number of H-pyrrole nitrogens is 1. The van der Waals surface area contributed by atoms with Crippen LogP contribution in [0.15, 0.2) is 33.0 Å². The minimum atomic E-state index is -0.784. The number of aliphatic hydroxyl groups excluding tert-OH is 1. The number of nitrogens with zero attached hydrogens (tertiary/aromatic N) is 2. The molecule has 1 atom stereocenters. The van der Waals surface area contributed by atoms with Gasteiger partial charge in [-0.1, -0.05) is 12.1 Å². The number of nitrogens with one attached hydrogen (secondary N) is 1. The first-order chi connectivity index (χ1) is 9.58. The molecule has 0 amide bonds. The van der Waals surface area contributed by atoms with Crippen LogP contribution in [0.3, 0.4) is 0 Å². The fraction of sp³-hybridized carbons (Fsp3) is 0.385. The molecule has 1 aromatic heterocycles. The van der Waals surface area contributed by atoms with Crippen LogP contribution < -0.4 is 5.69 Å². The van der Waals surface area contributed by atoms with Crippen LogP contribution in [-0.4, -0.2) is 19.9 Å². The molecule has 7 heteroatoms. The molecule has 0 radical (unpaired) electrons. The number of halogens is 1. The third-order valence-corrected chi connectivity index (χ3v) is 4.33. The van der Waals surface area contributed by atoms with Gasteiger partial charge in [0.2, 0.25) is 0 Å². The Morgan fingerprint density at radius 1 is 1.55 bits per heavy atom. The van der Waals surface area contributed by atoms with Crippen molar-refractivity contribution >= 4 is 11.8 Å². The van der Waals surface area contributed by atoms with Crippen LogP contribution in [0.25, 0.3) is 0 Å². The van der Waals surface area contributed by atoms with Gasteiger partial charge in [-0.2, -0.15) is 0 Å². The van der Waals surface area contributed by atoms with Crippen molar-refractivity contribution in [3.63, 3.8) is 0 Å². The average molecular weight is 295 g/mol. The second-order valence-electron chi connectivity index (χ2n) is 4.85. The van der Waals surface area contributed by atoms with Crippen LogP contribution in [-0.2, 0) is 0 Å². The first kappa shape index (κ1) is 13.4. The van der Waals surface area contributed by atoms with Crippen molar-refractivity contribution in [1.29, 1.82) is 0 Å². The van der Waals surface area contributed by atoms with Gasteiger partial charge in [0, 0.05) is 6.04 Å². The lowest BCUT2D eigenvalue weighted by Crippen LogP contribution is -2.16. The van der Waals surface area contributed by atoms with Gasteiger partial charge in [-0.3, -0.25) is 4.57 Å². The van der Waals surface area contributed by atoms with E-state index in [0.29, 0.717) is 15.6 Å². The maximum Gasteiger partial charge on any atom is 0.344 e. The molecule has 1 aliphatic carbocycles.